The number of alkyl halides is 6. The Kier molecular flexibility index (Phi) is 7.28. The van der Waals surface area contributed by atoms with Gasteiger partial charge in [-0.2, -0.15) is 31.6 Å². The number of rotatable bonds is 2. The quantitative estimate of drug-likeness (QED) is 0.292. The van der Waals surface area contributed by atoms with E-state index in [9.17, 15) is 26.3 Å². The molecule has 174 valence electrons. The van der Waals surface area contributed by atoms with Crippen molar-refractivity contribution >= 4 is 28.7 Å². The Bertz CT molecular complexity index is 1180. The fourth-order valence-electron chi connectivity index (χ4n) is 2.60. The molecule has 0 spiro atoms. The number of aromatic nitrogens is 1. The van der Waals surface area contributed by atoms with Crippen molar-refractivity contribution in [2.75, 3.05) is 22.5 Å². The van der Waals surface area contributed by atoms with Crippen LogP contribution in [0.15, 0.2) is 48.5 Å². The molecule has 0 unspecified atom stereocenters. The number of nitrogens with one attached hydrogen (secondary N) is 1. The topological polar surface area (TPSA) is 127 Å². The van der Waals surface area contributed by atoms with E-state index in [0.29, 0.717) is 5.56 Å². The number of anilines is 5. The van der Waals surface area contributed by atoms with Crippen LogP contribution in [0.5, 0.6) is 0 Å². The summed E-state index contributed by atoms with van der Waals surface area (Å²) in [6.45, 7) is 1.59. The van der Waals surface area contributed by atoms with E-state index in [4.69, 9.17) is 22.5 Å². The Morgan fingerprint density at radius 3 is 1.91 bits per heavy atom. The highest BCUT2D eigenvalue weighted by atomic mass is 19.4. The second kappa shape index (κ2) is 9.56. The minimum absolute atomic E-state index is 0.0383. The van der Waals surface area contributed by atoms with Crippen LogP contribution in [0.25, 0.3) is 0 Å². The summed E-state index contributed by atoms with van der Waals surface area (Å²) in [7, 11) is 0. The van der Waals surface area contributed by atoms with Gasteiger partial charge in [0, 0.05) is 11.4 Å². The molecule has 0 saturated heterocycles. The third-order valence-corrected chi connectivity index (χ3v) is 4.30. The second-order valence-corrected chi connectivity index (χ2v) is 6.70. The summed E-state index contributed by atoms with van der Waals surface area (Å²) in [4.78, 5) is 3.93. The first-order valence-electron chi connectivity index (χ1n) is 9.06. The van der Waals surface area contributed by atoms with Crippen LogP contribution in [0.1, 0.15) is 22.3 Å². The number of nitrogens with zero attached hydrogens (tertiary/aromatic N) is 2. The van der Waals surface area contributed by atoms with E-state index in [1.54, 1.807) is 6.92 Å². The molecular formula is C21H18F6N6. The highest BCUT2D eigenvalue weighted by molar-refractivity contribution is 5.77. The monoisotopic (exact) mass is 468 g/mol. The van der Waals surface area contributed by atoms with Gasteiger partial charge in [-0.1, -0.05) is 12.1 Å². The van der Waals surface area contributed by atoms with Gasteiger partial charge in [0.1, 0.15) is 11.9 Å². The van der Waals surface area contributed by atoms with Crippen molar-refractivity contribution in [1.29, 1.82) is 5.26 Å². The van der Waals surface area contributed by atoms with Crippen LogP contribution < -0.4 is 22.5 Å². The molecule has 0 amide bonds. The van der Waals surface area contributed by atoms with Crippen LogP contribution >= 0.6 is 0 Å². The van der Waals surface area contributed by atoms with Crippen molar-refractivity contribution in [2.24, 2.45) is 0 Å². The number of hydrogen-bond donors (Lipinski definition) is 4. The van der Waals surface area contributed by atoms with E-state index in [1.165, 1.54) is 24.3 Å². The van der Waals surface area contributed by atoms with Crippen molar-refractivity contribution in [3.63, 3.8) is 0 Å². The van der Waals surface area contributed by atoms with Gasteiger partial charge in [0.25, 0.3) is 0 Å². The smallest absolute Gasteiger partial charge is 0.399 e. The molecule has 0 aliphatic heterocycles. The van der Waals surface area contributed by atoms with Crippen molar-refractivity contribution in [2.45, 2.75) is 19.3 Å². The zero-order valence-electron chi connectivity index (χ0n) is 17.0. The van der Waals surface area contributed by atoms with Gasteiger partial charge in [-0.15, -0.1) is 0 Å². The largest absolute Gasteiger partial charge is 0.416 e. The number of benzene rings is 2. The zero-order valence-corrected chi connectivity index (χ0v) is 17.0. The number of pyridine rings is 1. The van der Waals surface area contributed by atoms with Gasteiger partial charge in [0.05, 0.1) is 22.4 Å². The molecular weight excluding hydrogens is 450 g/mol. The number of nitriles is 1. The summed E-state index contributed by atoms with van der Waals surface area (Å²) in [6, 6.07) is 11.1. The summed E-state index contributed by atoms with van der Waals surface area (Å²) >= 11 is 0. The van der Waals surface area contributed by atoms with Crippen LogP contribution in [-0.2, 0) is 12.4 Å². The Morgan fingerprint density at radius 1 is 0.879 bits per heavy atom. The molecule has 12 heteroatoms. The molecule has 0 bridgehead atoms. The van der Waals surface area contributed by atoms with Gasteiger partial charge in [0.2, 0.25) is 0 Å². The minimum Gasteiger partial charge on any atom is -0.399 e. The fraction of sp³-hybridized carbons (Fsp3) is 0.143. The molecule has 0 radical (unpaired) electrons. The second-order valence-electron chi connectivity index (χ2n) is 6.70. The highest BCUT2D eigenvalue weighted by Gasteiger charge is 2.31. The Hall–Kier alpha value is -4.14. The van der Waals surface area contributed by atoms with Crippen molar-refractivity contribution in [3.05, 3.63) is 70.8 Å². The summed E-state index contributed by atoms with van der Waals surface area (Å²) in [5.74, 6) is 0.0667. The maximum absolute atomic E-state index is 12.7. The molecule has 3 rings (SSSR count). The highest BCUT2D eigenvalue weighted by Crippen LogP contribution is 2.33. The van der Waals surface area contributed by atoms with Gasteiger partial charge < -0.3 is 22.5 Å². The van der Waals surface area contributed by atoms with E-state index < -0.39 is 23.5 Å². The van der Waals surface area contributed by atoms with Gasteiger partial charge in [-0.05, 0) is 48.9 Å². The number of nitrogens with two attached hydrogens (primary N) is 3. The SMILES string of the molecule is Cc1c(N)c(Nc2cccc(C(F)(F)F)c2)nc(N)c1C#N.Nc1cccc(C(F)(F)F)c1. The van der Waals surface area contributed by atoms with Crippen LogP contribution in [0, 0.1) is 18.3 Å². The number of nitrogen functional groups attached to an aromatic ring is 3. The Balaban J connectivity index is 0.000000294. The van der Waals surface area contributed by atoms with Gasteiger partial charge in [-0.25, -0.2) is 4.98 Å². The van der Waals surface area contributed by atoms with E-state index in [1.807, 2.05) is 6.07 Å². The van der Waals surface area contributed by atoms with E-state index in [-0.39, 0.29) is 34.3 Å². The first-order chi connectivity index (χ1) is 15.2. The first-order valence-corrected chi connectivity index (χ1v) is 9.06. The summed E-state index contributed by atoms with van der Waals surface area (Å²) in [5, 5.41) is 11.7. The molecule has 0 fully saturated rings. The van der Waals surface area contributed by atoms with Crippen LogP contribution in [0.2, 0.25) is 0 Å². The summed E-state index contributed by atoms with van der Waals surface area (Å²) in [6.07, 6.45) is -8.74. The molecule has 3 aromatic rings. The minimum atomic E-state index is -4.45. The van der Waals surface area contributed by atoms with Crippen molar-refractivity contribution in [3.8, 4) is 6.07 Å². The molecule has 6 nitrogen and oxygen atoms in total. The molecule has 0 aliphatic carbocycles. The molecule has 1 aromatic heterocycles. The standard InChI is InChI=1S/C14H12F3N5.C7H6F3N/c1-7-10(6-18)12(20)22-13(11(7)19)21-9-4-2-3-8(5-9)14(15,16)17;8-7(9,10)5-2-1-3-6(11)4-5/h2-5H,19H2,1H3,(H3,20,21,22);1-4H,11H2. The molecule has 2 aromatic carbocycles. The van der Waals surface area contributed by atoms with E-state index in [2.05, 4.69) is 10.3 Å². The fourth-order valence-corrected chi connectivity index (χ4v) is 2.60. The predicted octanol–water partition coefficient (Wildman–Crippen LogP) is 5.48. The average Bonchev–Trinajstić information content (AvgIpc) is 2.72. The molecule has 0 atom stereocenters. The molecule has 0 saturated carbocycles. The van der Waals surface area contributed by atoms with E-state index >= 15 is 0 Å². The molecule has 33 heavy (non-hydrogen) atoms. The third-order valence-electron chi connectivity index (χ3n) is 4.30. The number of hydrogen-bond acceptors (Lipinski definition) is 6. The van der Waals surface area contributed by atoms with Crippen LogP contribution in [-0.4, -0.2) is 4.98 Å². The first kappa shape index (κ1) is 25.1. The lowest BCUT2D eigenvalue weighted by Gasteiger charge is -2.14. The zero-order chi connectivity index (χ0) is 25.0. The average molecular weight is 468 g/mol. The van der Waals surface area contributed by atoms with Crippen LogP contribution in [0.4, 0.5) is 55.0 Å². The number of halogens is 6. The van der Waals surface area contributed by atoms with Gasteiger partial charge in [0.15, 0.2) is 5.82 Å². The molecule has 0 aliphatic rings. The normalized spacial score (nSPS) is 11.2. The van der Waals surface area contributed by atoms with Gasteiger partial charge in [-0.3, -0.25) is 0 Å². The van der Waals surface area contributed by atoms with Crippen molar-refractivity contribution < 1.29 is 26.3 Å². The third kappa shape index (κ3) is 6.42. The molecule has 7 N–H and O–H groups in total. The maximum Gasteiger partial charge on any atom is 0.416 e. The Morgan fingerprint density at radius 2 is 1.42 bits per heavy atom. The lowest BCUT2D eigenvalue weighted by molar-refractivity contribution is -0.138. The molecule has 1 heterocycles. The predicted molar refractivity (Wildman–Crippen MR) is 113 cm³/mol. The summed E-state index contributed by atoms with van der Waals surface area (Å²) in [5.41, 5.74) is 16.1. The van der Waals surface area contributed by atoms with Gasteiger partial charge >= 0.3 is 12.4 Å². The Labute approximate surface area is 184 Å². The maximum atomic E-state index is 12.7. The lowest BCUT2D eigenvalue weighted by atomic mass is 10.1. The van der Waals surface area contributed by atoms with Crippen molar-refractivity contribution in [1.82, 2.24) is 4.98 Å². The van der Waals surface area contributed by atoms with Crippen LogP contribution in [0.3, 0.4) is 0 Å². The lowest BCUT2D eigenvalue weighted by Crippen LogP contribution is -2.08. The summed E-state index contributed by atoms with van der Waals surface area (Å²) < 4.78 is 73.8. The van der Waals surface area contributed by atoms with E-state index in [0.717, 1.165) is 24.3 Å².